The molecule has 1 saturated heterocycles. The summed E-state index contributed by atoms with van der Waals surface area (Å²) in [5, 5.41) is 4.30. The minimum atomic E-state index is -0.237. The van der Waals surface area contributed by atoms with E-state index in [1.807, 2.05) is 31.2 Å². The van der Waals surface area contributed by atoms with Crippen LogP contribution in [0, 0.1) is 12.7 Å². The molecule has 1 atom stereocenters. The zero-order chi connectivity index (χ0) is 18.6. The van der Waals surface area contributed by atoms with Gasteiger partial charge in [-0.2, -0.15) is 0 Å². The number of hydrogen-bond donors (Lipinski definition) is 1. The van der Waals surface area contributed by atoms with Crippen molar-refractivity contribution in [3.05, 3.63) is 65.5 Å². The Morgan fingerprint density at radius 1 is 1.22 bits per heavy atom. The van der Waals surface area contributed by atoms with Crippen LogP contribution in [-0.2, 0) is 11.3 Å². The van der Waals surface area contributed by atoms with Gasteiger partial charge in [-0.25, -0.2) is 4.39 Å². The van der Waals surface area contributed by atoms with E-state index in [0.29, 0.717) is 13.1 Å². The first-order valence-corrected chi connectivity index (χ1v) is 9.33. The third-order valence-electron chi connectivity index (χ3n) is 4.98. The van der Waals surface area contributed by atoms with Gasteiger partial charge in [0.05, 0.1) is 24.8 Å². The second-order valence-electron chi connectivity index (χ2n) is 6.88. The highest BCUT2D eigenvalue weighted by molar-refractivity contribution is 5.81. The zero-order valence-corrected chi connectivity index (χ0v) is 15.5. The van der Waals surface area contributed by atoms with Crippen molar-refractivity contribution in [2.24, 2.45) is 0 Å². The number of ether oxygens (including phenoxy) is 1. The highest BCUT2D eigenvalue weighted by Crippen LogP contribution is 2.24. The molecule has 0 bridgehead atoms. The molecule has 1 fully saturated rings. The van der Waals surface area contributed by atoms with Crippen LogP contribution in [0.2, 0.25) is 0 Å². The Hall–Kier alpha value is -2.28. The minimum absolute atomic E-state index is 0.121. The number of nitrogens with zero attached hydrogens (tertiary/aromatic N) is 2. The first-order valence-electron chi connectivity index (χ1n) is 9.33. The second-order valence-corrected chi connectivity index (χ2v) is 6.88. The summed E-state index contributed by atoms with van der Waals surface area (Å²) in [6, 6.07) is 10.9. The van der Waals surface area contributed by atoms with E-state index in [0.717, 1.165) is 54.3 Å². The van der Waals surface area contributed by atoms with Crippen molar-refractivity contribution in [3.63, 3.8) is 0 Å². The average molecular weight is 369 g/mol. The molecule has 3 heterocycles. The van der Waals surface area contributed by atoms with Crippen molar-refractivity contribution >= 4 is 10.9 Å². The molecular weight excluding hydrogens is 345 g/mol. The molecule has 5 nitrogen and oxygen atoms in total. The number of aromatic nitrogens is 1. The molecule has 0 saturated carbocycles. The number of furan rings is 1. The van der Waals surface area contributed by atoms with E-state index >= 15 is 0 Å². The van der Waals surface area contributed by atoms with Crippen molar-refractivity contribution in [3.8, 4) is 0 Å². The average Bonchev–Trinajstić information content (AvgIpc) is 3.11. The summed E-state index contributed by atoms with van der Waals surface area (Å²) in [5.41, 5.74) is 1.70. The number of hydrogen-bond acceptors (Lipinski definition) is 5. The van der Waals surface area contributed by atoms with Gasteiger partial charge in [0.2, 0.25) is 0 Å². The highest BCUT2D eigenvalue weighted by atomic mass is 19.1. The molecule has 0 spiro atoms. The molecule has 6 heteroatoms. The standard InChI is InChI=1S/C21H24FN3O2/c1-15-4-5-20(27-15)19(25-7-9-26-10-8-25)14-23-13-17-12-18(22)11-16-3-2-6-24-21(16)17/h2-6,11-12,19,23H,7-10,13-14H2,1H3. The van der Waals surface area contributed by atoms with Gasteiger partial charge in [-0.05, 0) is 42.8 Å². The number of rotatable bonds is 6. The quantitative estimate of drug-likeness (QED) is 0.721. The Labute approximate surface area is 158 Å². The van der Waals surface area contributed by atoms with E-state index < -0.39 is 0 Å². The molecule has 1 unspecified atom stereocenters. The fourth-order valence-corrected chi connectivity index (χ4v) is 3.64. The fourth-order valence-electron chi connectivity index (χ4n) is 3.64. The van der Waals surface area contributed by atoms with Crippen molar-refractivity contribution in [2.45, 2.75) is 19.5 Å². The predicted octanol–water partition coefficient (Wildman–Crippen LogP) is 3.44. The van der Waals surface area contributed by atoms with Crippen LogP contribution in [0.15, 0.2) is 47.0 Å². The molecule has 1 aromatic carbocycles. The molecule has 2 aromatic heterocycles. The van der Waals surface area contributed by atoms with Crippen LogP contribution >= 0.6 is 0 Å². The molecule has 1 aliphatic rings. The van der Waals surface area contributed by atoms with Gasteiger partial charge in [-0.1, -0.05) is 6.07 Å². The van der Waals surface area contributed by atoms with Gasteiger partial charge in [0.15, 0.2) is 0 Å². The second kappa shape index (κ2) is 8.17. The number of pyridine rings is 1. The smallest absolute Gasteiger partial charge is 0.124 e. The van der Waals surface area contributed by atoms with Gasteiger partial charge in [0.1, 0.15) is 17.3 Å². The van der Waals surface area contributed by atoms with Crippen LogP contribution < -0.4 is 5.32 Å². The van der Waals surface area contributed by atoms with Crippen molar-refractivity contribution in [1.29, 1.82) is 0 Å². The van der Waals surface area contributed by atoms with Gasteiger partial charge in [-0.15, -0.1) is 0 Å². The largest absolute Gasteiger partial charge is 0.465 e. The maximum absolute atomic E-state index is 13.9. The lowest BCUT2D eigenvalue weighted by Gasteiger charge is -2.33. The molecule has 4 rings (SSSR count). The van der Waals surface area contributed by atoms with Crippen LogP contribution in [0.4, 0.5) is 4.39 Å². The summed E-state index contributed by atoms with van der Waals surface area (Å²) < 4.78 is 25.3. The third kappa shape index (κ3) is 4.18. The summed E-state index contributed by atoms with van der Waals surface area (Å²) in [7, 11) is 0. The monoisotopic (exact) mass is 369 g/mol. The number of halogens is 1. The predicted molar refractivity (Wildman–Crippen MR) is 102 cm³/mol. The molecule has 0 aliphatic carbocycles. The van der Waals surface area contributed by atoms with Gasteiger partial charge < -0.3 is 14.5 Å². The van der Waals surface area contributed by atoms with Crippen LogP contribution in [0.3, 0.4) is 0 Å². The lowest BCUT2D eigenvalue weighted by atomic mass is 10.1. The Morgan fingerprint density at radius 2 is 2.07 bits per heavy atom. The van der Waals surface area contributed by atoms with Gasteiger partial charge >= 0.3 is 0 Å². The first kappa shape index (κ1) is 18.1. The van der Waals surface area contributed by atoms with Gasteiger partial charge in [0, 0.05) is 37.8 Å². The number of fused-ring (bicyclic) bond motifs is 1. The lowest BCUT2D eigenvalue weighted by Crippen LogP contribution is -2.42. The highest BCUT2D eigenvalue weighted by Gasteiger charge is 2.25. The van der Waals surface area contributed by atoms with E-state index in [4.69, 9.17) is 9.15 Å². The molecular formula is C21H24FN3O2. The van der Waals surface area contributed by atoms with Gasteiger partial charge in [-0.3, -0.25) is 9.88 Å². The molecule has 0 radical (unpaired) electrons. The van der Waals surface area contributed by atoms with E-state index in [1.54, 1.807) is 12.3 Å². The van der Waals surface area contributed by atoms with Crippen LogP contribution in [0.1, 0.15) is 23.1 Å². The maximum atomic E-state index is 13.9. The summed E-state index contributed by atoms with van der Waals surface area (Å²) in [6.45, 7) is 6.41. The zero-order valence-electron chi connectivity index (χ0n) is 15.5. The lowest BCUT2D eigenvalue weighted by molar-refractivity contribution is 0.0115. The van der Waals surface area contributed by atoms with Crippen molar-refractivity contribution in [2.75, 3.05) is 32.8 Å². The number of aryl methyl sites for hydroxylation is 1. The Morgan fingerprint density at radius 3 is 2.85 bits per heavy atom. The van der Waals surface area contributed by atoms with E-state index in [1.165, 1.54) is 6.07 Å². The minimum Gasteiger partial charge on any atom is -0.465 e. The Bertz CT molecular complexity index is 905. The first-order chi connectivity index (χ1) is 13.2. The van der Waals surface area contributed by atoms with E-state index in [-0.39, 0.29) is 11.9 Å². The molecule has 142 valence electrons. The Kier molecular flexibility index (Phi) is 5.48. The van der Waals surface area contributed by atoms with Crippen LogP contribution in [-0.4, -0.2) is 42.7 Å². The van der Waals surface area contributed by atoms with Crippen LogP contribution in [0.5, 0.6) is 0 Å². The third-order valence-corrected chi connectivity index (χ3v) is 4.98. The summed E-state index contributed by atoms with van der Waals surface area (Å²) in [5.74, 6) is 1.62. The number of nitrogens with one attached hydrogen (secondary N) is 1. The fraction of sp³-hybridized carbons (Fsp3) is 0.381. The molecule has 27 heavy (non-hydrogen) atoms. The summed E-state index contributed by atoms with van der Waals surface area (Å²) in [6.07, 6.45) is 1.74. The van der Waals surface area contributed by atoms with Crippen molar-refractivity contribution in [1.82, 2.24) is 15.2 Å². The number of benzene rings is 1. The molecule has 3 aromatic rings. The molecule has 0 amide bonds. The van der Waals surface area contributed by atoms with E-state index in [2.05, 4.69) is 15.2 Å². The van der Waals surface area contributed by atoms with Gasteiger partial charge in [0.25, 0.3) is 0 Å². The SMILES string of the molecule is Cc1ccc(C(CNCc2cc(F)cc3cccnc23)N2CCOCC2)o1. The Balaban J connectivity index is 1.50. The van der Waals surface area contributed by atoms with E-state index in [9.17, 15) is 4.39 Å². The normalized spacial score (nSPS) is 16.7. The number of morpholine rings is 1. The summed E-state index contributed by atoms with van der Waals surface area (Å²) >= 11 is 0. The molecule has 1 aliphatic heterocycles. The molecule has 1 N–H and O–H groups in total. The topological polar surface area (TPSA) is 50.5 Å². The van der Waals surface area contributed by atoms with Crippen LogP contribution in [0.25, 0.3) is 10.9 Å². The summed E-state index contributed by atoms with van der Waals surface area (Å²) in [4.78, 5) is 6.79. The maximum Gasteiger partial charge on any atom is 0.124 e. The van der Waals surface area contributed by atoms with Crippen molar-refractivity contribution < 1.29 is 13.5 Å².